The van der Waals surface area contributed by atoms with Gasteiger partial charge in [0.15, 0.2) is 5.03 Å². The molecule has 1 amide bonds. The lowest BCUT2D eigenvalue weighted by molar-refractivity contribution is -0.118. The van der Waals surface area contributed by atoms with E-state index in [4.69, 9.17) is 0 Å². The molecule has 1 rings (SSSR count). The monoisotopic (exact) mass is 327 g/mol. The second-order valence-corrected chi connectivity index (χ2v) is 5.72. The molecule has 1 aromatic heterocycles. The molecule has 1 heterocycles. The molecule has 22 heavy (non-hydrogen) atoms. The van der Waals surface area contributed by atoms with Gasteiger partial charge in [-0.25, -0.2) is 14.9 Å². The molecule has 0 saturated carbocycles. The van der Waals surface area contributed by atoms with E-state index >= 15 is 0 Å². The van der Waals surface area contributed by atoms with Gasteiger partial charge < -0.3 is 0 Å². The van der Waals surface area contributed by atoms with E-state index in [1.165, 1.54) is 14.1 Å². The molecule has 0 bridgehead atoms. The van der Waals surface area contributed by atoms with E-state index in [0.29, 0.717) is 5.92 Å². The lowest BCUT2D eigenvalue weighted by Crippen LogP contribution is -2.39. The topological polar surface area (TPSA) is 98.3 Å². The zero-order valence-electron chi connectivity index (χ0n) is 13.2. The van der Waals surface area contributed by atoms with E-state index in [1.54, 1.807) is 6.21 Å². The summed E-state index contributed by atoms with van der Waals surface area (Å²) in [6.07, 6.45) is 3.64. The van der Waals surface area contributed by atoms with Crippen molar-refractivity contribution in [1.29, 1.82) is 0 Å². The summed E-state index contributed by atoms with van der Waals surface area (Å²) in [5, 5.41) is 7.86. The average Bonchev–Trinajstić information content (AvgIpc) is 2.51. The van der Waals surface area contributed by atoms with Crippen LogP contribution in [0.2, 0.25) is 0 Å². The number of carbonyl (C=O) groups is 1. The fourth-order valence-electron chi connectivity index (χ4n) is 1.64. The molecule has 0 radical (unpaired) electrons. The third-order valence-electron chi connectivity index (χ3n) is 3.16. The molecule has 0 atom stereocenters. The predicted octanol–water partition coefficient (Wildman–Crippen LogP) is 0.109. The maximum atomic E-state index is 11.8. The summed E-state index contributed by atoms with van der Waals surface area (Å²) in [6, 6.07) is 0. The van der Waals surface area contributed by atoms with E-state index < -0.39 is 11.2 Å². The number of amides is 1. The Morgan fingerprint density at radius 2 is 2.00 bits per heavy atom. The van der Waals surface area contributed by atoms with Crippen molar-refractivity contribution >= 4 is 23.9 Å². The largest absolute Gasteiger partial charge is 0.346 e. The average molecular weight is 327 g/mol. The highest BCUT2D eigenvalue weighted by Gasteiger charge is 2.11. The SMILES string of the molecule is CCC(/C=N\NC(=O)CSc1nn(C)c(=O)n(C)c1=O)CC. The number of aryl methyl sites for hydroxylation is 1. The van der Waals surface area contributed by atoms with Gasteiger partial charge in [-0.15, -0.1) is 0 Å². The van der Waals surface area contributed by atoms with E-state index in [2.05, 4.69) is 29.5 Å². The molecule has 0 aromatic carbocycles. The van der Waals surface area contributed by atoms with Crippen LogP contribution >= 0.6 is 11.8 Å². The Balaban J connectivity index is 2.62. The van der Waals surface area contributed by atoms with Crippen LogP contribution in [0.1, 0.15) is 26.7 Å². The Hall–Kier alpha value is -1.90. The van der Waals surface area contributed by atoms with Crippen LogP contribution in [0.4, 0.5) is 0 Å². The number of nitrogens with one attached hydrogen (secondary N) is 1. The second kappa shape index (κ2) is 8.52. The van der Waals surface area contributed by atoms with Crippen molar-refractivity contribution < 1.29 is 4.79 Å². The van der Waals surface area contributed by atoms with Crippen LogP contribution in [0, 0.1) is 5.92 Å². The molecule has 0 saturated heterocycles. The summed E-state index contributed by atoms with van der Waals surface area (Å²) in [4.78, 5) is 35.0. The fraction of sp³-hybridized carbons (Fsp3) is 0.615. The summed E-state index contributed by atoms with van der Waals surface area (Å²) in [6.45, 7) is 4.11. The van der Waals surface area contributed by atoms with Crippen LogP contribution < -0.4 is 16.7 Å². The number of hydrogen-bond donors (Lipinski definition) is 1. The highest BCUT2D eigenvalue weighted by atomic mass is 32.2. The summed E-state index contributed by atoms with van der Waals surface area (Å²) < 4.78 is 2.02. The fourth-order valence-corrected chi connectivity index (χ4v) is 2.41. The normalized spacial score (nSPS) is 11.3. The van der Waals surface area contributed by atoms with Gasteiger partial charge in [-0.3, -0.25) is 14.2 Å². The van der Waals surface area contributed by atoms with Crippen molar-refractivity contribution in [2.45, 2.75) is 31.7 Å². The first-order valence-electron chi connectivity index (χ1n) is 6.99. The van der Waals surface area contributed by atoms with Gasteiger partial charge in [0.1, 0.15) is 0 Å². The third kappa shape index (κ3) is 4.83. The molecule has 122 valence electrons. The second-order valence-electron chi connectivity index (χ2n) is 4.75. The number of thioether (sulfide) groups is 1. The van der Waals surface area contributed by atoms with Gasteiger partial charge in [-0.05, 0) is 18.8 Å². The number of hydrogen-bond acceptors (Lipinski definition) is 6. The first-order chi connectivity index (χ1) is 10.4. The lowest BCUT2D eigenvalue weighted by Gasteiger charge is -2.05. The first-order valence-corrected chi connectivity index (χ1v) is 7.98. The van der Waals surface area contributed by atoms with Crippen molar-refractivity contribution in [3.05, 3.63) is 20.8 Å². The Labute approximate surface area is 132 Å². The molecule has 1 N–H and O–H groups in total. The van der Waals surface area contributed by atoms with Crippen LogP contribution in [-0.4, -0.2) is 32.2 Å². The van der Waals surface area contributed by atoms with Gasteiger partial charge in [0.2, 0.25) is 5.91 Å². The van der Waals surface area contributed by atoms with Crippen LogP contribution in [0.25, 0.3) is 0 Å². The molecule has 1 aromatic rings. The molecule has 8 nitrogen and oxygen atoms in total. The minimum atomic E-state index is -0.513. The number of nitrogens with zero attached hydrogens (tertiary/aromatic N) is 4. The number of aromatic nitrogens is 3. The van der Waals surface area contributed by atoms with Gasteiger partial charge in [0.05, 0.1) is 5.75 Å². The standard InChI is InChI=1S/C13H21N5O3S/c1-5-9(6-2)7-14-15-10(19)8-22-11-12(20)17(3)13(21)18(4)16-11/h7,9H,5-6,8H2,1-4H3,(H,15,19)/b14-7-. The van der Waals surface area contributed by atoms with Crippen molar-refractivity contribution in [2.24, 2.45) is 25.1 Å². The minimum absolute atomic E-state index is 0.000695. The quantitative estimate of drug-likeness (QED) is 0.435. The molecule has 0 fully saturated rings. The van der Waals surface area contributed by atoms with Crippen molar-refractivity contribution in [2.75, 3.05) is 5.75 Å². The van der Waals surface area contributed by atoms with Gasteiger partial charge in [-0.2, -0.15) is 10.2 Å². The van der Waals surface area contributed by atoms with Crippen molar-refractivity contribution in [1.82, 2.24) is 19.8 Å². The maximum absolute atomic E-state index is 11.8. The Kier molecular flexibility index (Phi) is 7.03. The molecule has 0 aliphatic rings. The molecular weight excluding hydrogens is 306 g/mol. The molecule has 9 heteroatoms. The smallest absolute Gasteiger partial charge is 0.272 e. The number of rotatable bonds is 7. The van der Waals surface area contributed by atoms with Crippen molar-refractivity contribution in [3.63, 3.8) is 0 Å². The maximum Gasteiger partial charge on any atom is 0.346 e. The van der Waals surface area contributed by atoms with Gasteiger partial charge in [0, 0.05) is 20.3 Å². The van der Waals surface area contributed by atoms with E-state index in [0.717, 1.165) is 33.9 Å². The highest BCUT2D eigenvalue weighted by molar-refractivity contribution is 7.99. The molecule has 0 spiro atoms. The van der Waals surface area contributed by atoms with E-state index in [9.17, 15) is 14.4 Å². The van der Waals surface area contributed by atoms with Gasteiger partial charge in [0.25, 0.3) is 5.56 Å². The molecule has 0 aliphatic heterocycles. The number of hydrazone groups is 1. The van der Waals surface area contributed by atoms with Crippen LogP contribution in [-0.2, 0) is 18.9 Å². The molecule has 0 unspecified atom stereocenters. The summed E-state index contributed by atoms with van der Waals surface area (Å²) in [5.41, 5.74) is 1.40. The summed E-state index contributed by atoms with van der Waals surface area (Å²) in [5.74, 6) is 0.0104. The van der Waals surface area contributed by atoms with Crippen LogP contribution in [0.5, 0.6) is 0 Å². The summed E-state index contributed by atoms with van der Waals surface area (Å²) >= 11 is 0.972. The highest BCUT2D eigenvalue weighted by Crippen LogP contribution is 2.08. The molecular formula is C13H21N5O3S. The zero-order valence-corrected chi connectivity index (χ0v) is 14.0. The van der Waals surface area contributed by atoms with Crippen molar-refractivity contribution in [3.8, 4) is 0 Å². The summed E-state index contributed by atoms with van der Waals surface area (Å²) in [7, 11) is 2.82. The Morgan fingerprint density at radius 3 is 2.59 bits per heavy atom. The van der Waals surface area contributed by atoms with Crippen LogP contribution in [0.15, 0.2) is 19.7 Å². The number of carbonyl (C=O) groups excluding carboxylic acids is 1. The third-order valence-corrected chi connectivity index (χ3v) is 4.09. The van der Waals surface area contributed by atoms with Gasteiger partial charge >= 0.3 is 5.69 Å². The van der Waals surface area contributed by atoms with Crippen LogP contribution in [0.3, 0.4) is 0 Å². The zero-order chi connectivity index (χ0) is 16.7. The Morgan fingerprint density at radius 1 is 1.36 bits per heavy atom. The molecule has 0 aliphatic carbocycles. The van der Waals surface area contributed by atoms with E-state index in [1.807, 2.05) is 0 Å². The predicted molar refractivity (Wildman–Crippen MR) is 86.1 cm³/mol. The first kappa shape index (κ1) is 18.1. The van der Waals surface area contributed by atoms with Gasteiger partial charge in [-0.1, -0.05) is 25.6 Å². The Bertz CT molecular complexity index is 661. The minimum Gasteiger partial charge on any atom is -0.272 e. The van der Waals surface area contributed by atoms with E-state index in [-0.39, 0.29) is 16.7 Å². The lowest BCUT2D eigenvalue weighted by atomic mass is 10.1.